The van der Waals surface area contributed by atoms with Crippen LogP contribution >= 0.6 is 12.1 Å². The number of para-hydroxylation sites is 3. The quantitative estimate of drug-likeness (QED) is 0.620. The highest BCUT2D eigenvalue weighted by molar-refractivity contribution is 8.02. The molecule has 0 amide bonds. The van der Waals surface area contributed by atoms with Crippen molar-refractivity contribution >= 4 is 29.2 Å². The minimum Gasteiger partial charge on any atom is -0.400 e. The van der Waals surface area contributed by atoms with Crippen molar-refractivity contribution in [2.75, 3.05) is 22.3 Å². The molecule has 4 heteroatoms. The molecule has 3 rings (SSSR count). The maximum absolute atomic E-state index is 7.00. The lowest BCUT2D eigenvalue weighted by Crippen LogP contribution is -2.14. The average Bonchev–Trinajstić information content (AvgIpc) is 2.97. The van der Waals surface area contributed by atoms with Crippen LogP contribution in [-0.2, 0) is 0 Å². The number of aliphatic hydroxyl groups is 1. The SMILES string of the molecule is CCCCCN1SN(c2ccccc2)c2ccccc21.CO. The van der Waals surface area contributed by atoms with Crippen molar-refractivity contribution in [3.63, 3.8) is 0 Å². The monoisotopic (exact) mass is 316 g/mol. The van der Waals surface area contributed by atoms with Crippen LogP contribution in [0.3, 0.4) is 0 Å². The molecule has 0 saturated heterocycles. The molecule has 1 N–H and O–H groups in total. The van der Waals surface area contributed by atoms with E-state index >= 15 is 0 Å². The van der Waals surface area contributed by atoms with E-state index in [1.165, 1.54) is 36.3 Å². The summed E-state index contributed by atoms with van der Waals surface area (Å²) in [6.45, 7) is 3.36. The van der Waals surface area contributed by atoms with Crippen LogP contribution in [0.25, 0.3) is 0 Å². The first-order chi connectivity index (χ1) is 10.9. The van der Waals surface area contributed by atoms with E-state index < -0.39 is 0 Å². The minimum absolute atomic E-state index is 1.00. The van der Waals surface area contributed by atoms with Crippen LogP contribution in [0.2, 0.25) is 0 Å². The van der Waals surface area contributed by atoms with Crippen molar-refractivity contribution in [1.29, 1.82) is 0 Å². The van der Waals surface area contributed by atoms with Crippen molar-refractivity contribution in [2.24, 2.45) is 0 Å². The third kappa shape index (κ3) is 3.76. The standard InChI is InChI=1S/C17H20N2S.CH4O/c1-2-3-9-14-18-16-12-7-8-13-17(16)19(20-18)15-10-5-4-6-11-15;1-2/h4-8,10-13H,2-3,9,14H2,1H3;2H,1H3. The van der Waals surface area contributed by atoms with Crippen molar-refractivity contribution in [3.05, 3.63) is 54.6 Å². The molecular formula is C18H24N2OS. The van der Waals surface area contributed by atoms with Gasteiger partial charge < -0.3 is 5.11 Å². The Hall–Kier alpha value is -1.65. The number of anilines is 3. The minimum atomic E-state index is 1.00. The van der Waals surface area contributed by atoms with Gasteiger partial charge in [-0.15, -0.1) is 0 Å². The summed E-state index contributed by atoms with van der Waals surface area (Å²) >= 11 is 1.81. The number of fused-ring (bicyclic) bond motifs is 1. The maximum Gasteiger partial charge on any atom is 0.0784 e. The fourth-order valence-electron chi connectivity index (χ4n) is 2.45. The van der Waals surface area contributed by atoms with Gasteiger partial charge >= 0.3 is 0 Å². The number of hydrogen-bond acceptors (Lipinski definition) is 4. The molecule has 0 bridgehead atoms. The summed E-state index contributed by atoms with van der Waals surface area (Å²) in [5.41, 5.74) is 3.86. The Morgan fingerprint density at radius 3 is 2.18 bits per heavy atom. The summed E-state index contributed by atoms with van der Waals surface area (Å²) in [6.07, 6.45) is 3.81. The molecule has 0 aromatic heterocycles. The Morgan fingerprint density at radius 2 is 1.50 bits per heavy atom. The van der Waals surface area contributed by atoms with Crippen molar-refractivity contribution in [3.8, 4) is 0 Å². The molecule has 22 heavy (non-hydrogen) atoms. The van der Waals surface area contributed by atoms with Gasteiger partial charge in [0.25, 0.3) is 0 Å². The average molecular weight is 316 g/mol. The highest BCUT2D eigenvalue weighted by Gasteiger charge is 2.27. The zero-order chi connectivity index (χ0) is 15.8. The molecule has 2 aromatic rings. The van der Waals surface area contributed by atoms with Gasteiger partial charge in [-0.05, 0) is 30.7 Å². The molecule has 0 unspecified atom stereocenters. The second-order valence-corrected chi connectivity index (χ2v) is 5.98. The summed E-state index contributed by atoms with van der Waals surface area (Å²) in [5.74, 6) is 0. The third-order valence-corrected chi connectivity index (χ3v) is 4.65. The lowest BCUT2D eigenvalue weighted by Gasteiger charge is -2.19. The van der Waals surface area contributed by atoms with Crippen LogP contribution in [0.15, 0.2) is 54.6 Å². The Bertz CT molecular complexity index is 562. The molecule has 0 radical (unpaired) electrons. The number of nitrogens with zero attached hydrogens (tertiary/aromatic N) is 2. The fourth-order valence-corrected chi connectivity index (χ4v) is 3.56. The van der Waals surface area contributed by atoms with Gasteiger partial charge in [0.2, 0.25) is 0 Å². The van der Waals surface area contributed by atoms with Gasteiger partial charge in [0, 0.05) is 13.7 Å². The van der Waals surface area contributed by atoms with Crippen LogP contribution in [0.5, 0.6) is 0 Å². The van der Waals surface area contributed by atoms with E-state index in [0.717, 1.165) is 13.7 Å². The van der Waals surface area contributed by atoms with Crippen LogP contribution in [0.4, 0.5) is 17.1 Å². The van der Waals surface area contributed by atoms with Crippen molar-refractivity contribution in [1.82, 2.24) is 0 Å². The largest absolute Gasteiger partial charge is 0.400 e. The first-order valence-corrected chi connectivity index (χ1v) is 8.47. The zero-order valence-electron chi connectivity index (χ0n) is 13.3. The van der Waals surface area contributed by atoms with Crippen LogP contribution < -0.4 is 8.61 Å². The van der Waals surface area contributed by atoms with E-state index in [-0.39, 0.29) is 0 Å². The molecule has 3 nitrogen and oxygen atoms in total. The predicted octanol–water partition coefficient (Wildman–Crippen LogP) is 5.01. The van der Waals surface area contributed by atoms with Gasteiger partial charge in [-0.3, -0.25) is 8.61 Å². The van der Waals surface area contributed by atoms with E-state index in [4.69, 9.17) is 5.11 Å². The van der Waals surface area contributed by atoms with Crippen LogP contribution in [0, 0.1) is 0 Å². The summed E-state index contributed by atoms with van der Waals surface area (Å²) < 4.78 is 4.74. The number of hydrogen-bond donors (Lipinski definition) is 1. The molecule has 1 heterocycles. The number of rotatable bonds is 5. The Kier molecular flexibility index (Phi) is 6.62. The normalized spacial score (nSPS) is 12.7. The maximum atomic E-state index is 7.00. The first kappa shape index (κ1) is 16.7. The van der Waals surface area contributed by atoms with E-state index in [1.54, 1.807) is 0 Å². The van der Waals surface area contributed by atoms with E-state index in [1.807, 2.05) is 12.1 Å². The second-order valence-electron chi connectivity index (χ2n) is 5.01. The highest BCUT2D eigenvalue weighted by atomic mass is 32.2. The smallest absolute Gasteiger partial charge is 0.0784 e. The van der Waals surface area contributed by atoms with Crippen molar-refractivity contribution < 1.29 is 5.11 Å². The van der Waals surface area contributed by atoms with E-state index in [9.17, 15) is 0 Å². The van der Waals surface area contributed by atoms with E-state index in [0.29, 0.717) is 0 Å². The second kappa shape index (κ2) is 8.71. The van der Waals surface area contributed by atoms with Crippen LogP contribution in [0.1, 0.15) is 26.2 Å². The van der Waals surface area contributed by atoms with Gasteiger partial charge in [0.15, 0.2) is 0 Å². The first-order valence-electron chi connectivity index (χ1n) is 7.74. The third-order valence-electron chi connectivity index (χ3n) is 3.50. The number of benzene rings is 2. The molecule has 2 aromatic carbocycles. The summed E-state index contributed by atoms with van der Waals surface area (Å²) in [6, 6.07) is 19.3. The molecule has 1 aliphatic heterocycles. The van der Waals surface area contributed by atoms with E-state index in [2.05, 4.69) is 70.1 Å². The highest BCUT2D eigenvalue weighted by Crippen LogP contribution is 2.48. The lowest BCUT2D eigenvalue weighted by atomic mass is 10.2. The molecule has 0 atom stereocenters. The number of aliphatic hydroxyl groups excluding tert-OH is 1. The Labute approximate surface area is 137 Å². The van der Waals surface area contributed by atoms with Gasteiger partial charge in [0.05, 0.1) is 29.2 Å². The van der Waals surface area contributed by atoms with Crippen LogP contribution in [-0.4, -0.2) is 18.8 Å². The Balaban J connectivity index is 0.000000847. The predicted molar refractivity (Wildman–Crippen MR) is 97.6 cm³/mol. The summed E-state index contributed by atoms with van der Waals surface area (Å²) in [4.78, 5) is 0. The van der Waals surface area contributed by atoms with Gasteiger partial charge in [-0.2, -0.15) is 0 Å². The van der Waals surface area contributed by atoms with Gasteiger partial charge in [-0.1, -0.05) is 50.1 Å². The topological polar surface area (TPSA) is 26.7 Å². The molecule has 118 valence electrons. The molecular weight excluding hydrogens is 292 g/mol. The summed E-state index contributed by atoms with van der Waals surface area (Å²) in [5, 5.41) is 7.00. The zero-order valence-corrected chi connectivity index (χ0v) is 14.1. The molecule has 0 spiro atoms. The molecule has 0 fully saturated rings. The molecule has 0 aliphatic carbocycles. The van der Waals surface area contributed by atoms with Gasteiger partial charge in [0.1, 0.15) is 0 Å². The fraction of sp³-hybridized carbons (Fsp3) is 0.333. The van der Waals surface area contributed by atoms with Gasteiger partial charge in [-0.25, -0.2) is 0 Å². The summed E-state index contributed by atoms with van der Waals surface area (Å²) in [7, 11) is 1.00. The Morgan fingerprint density at radius 1 is 0.864 bits per heavy atom. The lowest BCUT2D eigenvalue weighted by molar-refractivity contribution is 0.399. The van der Waals surface area contributed by atoms with Crippen molar-refractivity contribution in [2.45, 2.75) is 26.2 Å². The molecule has 0 saturated carbocycles. The number of unbranched alkanes of at least 4 members (excludes halogenated alkanes) is 2. The molecule has 1 aliphatic rings.